The van der Waals surface area contributed by atoms with E-state index in [9.17, 15) is 9.90 Å². The summed E-state index contributed by atoms with van der Waals surface area (Å²) in [5.74, 6) is -0.307. The number of para-hydroxylation sites is 1. The van der Waals surface area contributed by atoms with Crippen LogP contribution in [0, 0.1) is 13.8 Å². The van der Waals surface area contributed by atoms with E-state index in [1.165, 1.54) is 5.56 Å². The van der Waals surface area contributed by atoms with Crippen LogP contribution in [0.2, 0.25) is 0 Å². The van der Waals surface area contributed by atoms with Gasteiger partial charge in [-0.15, -0.1) is 0 Å². The molecule has 24 heavy (non-hydrogen) atoms. The van der Waals surface area contributed by atoms with Crippen molar-refractivity contribution >= 4 is 5.97 Å². The second kappa shape index (κ2) is 7.08. The van der Waals surface area contributed by atoms with Gasteiger partial charge in [-0.3, -0.25) is 0 Å². The summed E-state index contributed by atoms with van der Waals surface area (Å²) in [7, 11) is 0. The number of carboxylic acid groups (broad SMARTS) is 1. The summed E-state index contributed by atoms with van der Waals surface area (Å²) in [4.78, 5) is 11.7. The van der Waals surface area contributed by atoms with Crippen LogP contribution < -0.4 is 4.74 Å². The molecule has 1 N–H and O–H groups in total. The molecule has 0 aromatic heterocycles. The fourth-order valence-electron chi connectivity index (χ4n) is 2.67. The highest BCUT2D eigenvalue weighted by Gasteiger charge is 2.24. The Morgan fingerprint density at radius 2 is 1.75 bits per heavy atom. The van der Waals surface area contributed by atoms with Crippen LogP contribution in [0.25, 0.3) is 0 Å². The fourth-order valence-corrected chi connectivity index (χ4v) is 2.67. The van der Waals surface area contributed by atoms with E-state index in [1.54, 1.807) is 0 Å². The van der Waals surface area contributed by atoms with Crippen LogP contribution in [-0.2, 0) is 16.6 Å². The van der Waals surface area contributed by atoms with Crippen LogP contribution in [0.3, 0.4) is 0 Å². The van der Waals surface area contributed by atoms with Crippen LogP contribution in [0.4, 0.5) is 0 Å². The Morgan fingerprint density at radius 3 is 2.33 bits per heavy atom. The topological polar surface area (TPSA) is 46.5 Å². The summed E-state index contributed by atoms with van der Waals surface area (Å²) < 4.78 is 5.91. The van der Waals surface area contributed by atoms with Gasteiger partial charge in [0.15, 0.2) is 6.10 Å². The number of hydrogen-bond donors (Lipinski definition) is 1. The Kier molecular flexibility index (Phi) is 5.33. The van der Waals surface area contributed by atoms with Crippen molar-refractivity contribution in [1.82, 2.24) is 0 Å². The maximum absolute atomic E-state index is 11.7. The first kappa shape index (κ1) is 18.1. The average Bonchev–Trinajstić information content (AvgIpc) is 2.49. The van der Waals surface area contributed by atoms with Crippen LogP contribution in [0.15, 0.2) is 42.5 Å². The molecule has 2 aromatic carbocycles. The quantitative estimate of drug-likeness (QED) is 0.868. The molecule has 1 atom stereocenters. The predicted octanol–water partition coefficient (Wildman–Crippen LogP) is 4.68. The van der Waals surface area contributed by atoms with Gasteiger partial charge in [-0.25, -0.2) is 4.79 Å². The van der Waals surface area contributed by atoms with E-state index in [1.807, 2.05) is 56.3 Å². The fraction of sp³-hybridized carbons (Fsp3) is 0.381. The van der Waals surface area contributed by atoms with Crippen molar-refractivity contribution in [2.75, 3.05) is 0 Å². The third-order valence-corrected chi connectivity index (χ3v) is 4.23. The van der Waals surface area contributed by atoms with E-state index in [-0.39, 0.29) is 5.41 Å². The smallest absolute Gasteiger partial charge is 0.345 e. The molecule has 0 unspecified atom stereocenters. The highest BCUT2D eigenvalue weighted by molar-refractivity contribution is 5.73. The average molecular weight is 326 g/mol. The second-order valence-corrected chi connectivity index (χ2v) is 7.31. The molecule has 0 aliphatic heterocycles. The lowest BCUT2D eigenvalue weighted by Gasteiger charge is -2.25. The van der Waals surface area contributed by atoms with Gasteiger partial charge in [-0.05, 0) is 47.6 Å². The summed E-state index contributed by atoms with van der Waals surface area (Å²) in [5, 5.41) is 9.59. The number of ether oxygens (including phenoxy) is 1. The summed E-state index contributed by atoms with van der Waals surface area (Å²) in [6.45, 7) is 10.4. The molecule has 0 heterocycles. The van der Waals surface area contributed by atoms with Crippen molar-refractivity contribution in [3.8, 4) is 5.75 Å². The minimum atomic E-state index is -0.947. The summed E-state index contributed by atoms with van der Waals surface area (Å²) >= 11 is 0. The highest BCUT2D eigenvalue weighted by Crippen LogP contribution is 2.32. The Balaban J connectivity index is 2.27. The number of hydrogen-bond acceptors (Lipinski definition) is 2. The molecule has 2 aromatic rings. The van der Waals surface area contributed by atoms with Gasteiger partial charge in [0, 0.05) is 6.42 Å². The van der Waals surface area contributed by atoms with Gasteiger partial charge in [0.05, 0.1) is 0 Å². The van der Waals surface area contributed by atoms with Crippen LogP contribution in [0.5, 0.6) is 5.75 Å². The van der Waals surface area contributed by atoms with Crippen molar-refractivity contribution in [2.45, 2.75) is 52.6 Å². The van der Waals surface area contributed by atoms with Gasteiger partial charge >= 0.3 is 5.97 Å². The molecule has 0 spiro atoms. The zero-order chi connectivity index (χ0) is 17.9. The Bertz CT molecular complexity index is 726. The number of benzene rings is 2. The molecule has 2 rings (SSSR count). The standard InChI is InChI=1S/C21H26O3/c1-14-10-11-16(12-15(14)2)13-19(20(22)23)24-18-9-7-6-8-17(18)21(3,4)5/h6-12,19H,13H2,1-5H3,(H,22,23)/t19-/m0/s1. The third-order valence-electron chi connectivity index (χ3n) is 4.23. The molecule has 128 valence electrons. The molecule has 3 heteroatoms. The van der Waals surface area contributed by atoms with Crippen LogP contribution >= 0.6 is 0 Å². The maximum atomic E-state index is 11.7. The van der Waals surface area contributed by atoms with Crippen molar-refractivity contribution in [2.24, 2.45) is 0 Å². The van der Waals surface area contributed by atoms with Gasteiger partial charge in [0.2, 0.25) is 0 Å². The molecule has 0 aliphatic rings. The maximum Gasteiger partial charge on any atom is 0.345 e. The molecule has 0 saturated carbocycles. The molecular formula is C21H26O3. The van der Waals surface area contributed by atoms with Crippen LogP contribution in [0.1, 0.15) is 43.0 Å². The van der Waals surface area contributed by atoms with Crippen LogP contribution in [-0.4, -0.2) is 17.2 Å². The first-order valence-corrected chi connectivity index (χ1v) is 8.23. The number of rotatable bonds is 5. The molecular weight excluding hydrogens is 300 g/mol. The highest BCUT2D eigenvalue weighted by atomic mass is 16.5. The predicted molar refractivity (Wildman–Crippen MR) is 96.8 cm³/mol. The summed E-state index contributed by atoms with van der Waals surface area (Å²) in [5.41, 5.74) is 4.23. The van der Waals surface area contributed by atoms with Gasteiger partial charge in [0.25, 0.3) is 0 Å². The molecule has 0 aliphatic carbocycles. The van der Waals surface area contributed by atoms with Gasteiger partial charge in [-0.2, -0.15) is 0 Å². The number of carboxylic acids is 1. The molecule has 0 fully saturated rings. The van der Waals surface area contributed by atoms with Crippen molar-refractivity contribution in [1.29, 1.82) is 0 Å². The zero-order valence-corrected chi connectivity index (χ0v) is 15.1. The first-order valence-electron chi connectivity index (χ1n) is 8.23. The lowest BCUT2D eigenvalue weighted by Crippen LogP contribution is -2.30. The lowest BCUT2D eigenvalue weighted by molar-refractivity contribution is -0.145. The van der Waals surface area contributed by atoms with E-state index in [0.29, 0.717) is 12.2 Å². The van der Waals surface area contributed by atoms with Gasteiger partial charge in [-0.1, -0.05) is 57.2 Å². The largest absolute Gasteiger partial charge is 0.478 e. The molecule has 0 amide bonds. The van der Waals surface area contributed by atoms with E-state index < -0.39 is 12.1 Å². The monoisotopic (exact) mass is 326 g/mol. The van der Waals surface area contributed by atoms with E-state index >= 15 is 0 Å². The SMILES string of the molecule is Cc1ccc(C[C@H](Oc2ccccc2C(C)(C)C)C(=O)O)cc1C. The van der Waals surface area contributed by atoms with E-state index in [2.05, 4.69) is 20.8 Å². The second-order valence-electron chi connectivity index (χ2n) is 7.31. The molecule has 0 saturated heterocycles. The summed E-state index contributed by atoms with van der Waals surface area (Å²) in [6.07, 6.45) is -0.565. The Morgan fingerprint density at radius 1 is 1.08 bits per heavy atom. The Hall–Kier alpha value is -2.29. The third kappa shape index (κ3) is 4.38. The van der Waals surface area contributed by atoms with E-state index in [0.717, 1.165) is 16.7 Å². The molecule has 3 nitrogen and oxygen atoms in total. The van der Waals surface area contributed by atoms with Crippen molar-refractivity contribution in [3.05, 3.63) is 64.7 Å². The number of aryl methyl sites for hydroxylation is 2. The molecule has 0 radical (unpaired) electrons. The number of carbonyl (C=O) groups is 1. The van der Waals surface area contributed by atoms with E-state index in [4.69, 9.17) is 4.74 Å². The van der Waals surface area contributed by atoms with Crippen molar-refractivity contribution < 1.29 is 14.6 Å². The summed E-state index contributed by atoms with van der Waals surface area (Å²) in [6, 6.07) is 13.7. The minimum Gasteiger partial charge on any atom is -0.478 e. The van der Waals surface area contributed by atoms with Gasteiger partial charge < -0.3 is 9.84 Å². The van der Waals surface area contributed by atoms with Crippen molar-refractivity contribution in [3.63, 3.8) is 0 Å². The Labute approximate surface area is 144 Å². The minimum absolute atomic E-state index is 0.111. The number of aliphatic carboxylic acids is 1. The lowest BCUT2D eigenvalue weighted by atomic mass is 9.86. The molecule has 0 bridgehead atoms. The zero-order valence-electron chi connectivity index (χ0n) is 15.1. The van der Waals surface area contributed by atoms with Gasteiger partial charge in [0.1, 0.15) is 5.75 Å². The first-order chi connectivity index (χ1) is 11.2. The normalized spacial score (nSPS) is 12.7.